The maximum Gasteiger partial charge on any atom is 0.289 e. The van der Waals surface area contributed by atoms with Gasteiger partial charge in [-0.3, -0.25) is 9.36 Å². The molecular formula is C12H21Br2N3O2Si. The van der Waals surface area contributed by atoms with Crippen molar-refractivity contribution in [2.75, 3.05) is 20.7 Å². The van der Waals surface area contributed by atoms with Gasteiger partial charge in [-0.1, -0.05) is 19.6 Å². The summed E-state index contributed by atoms with van der Waals surface area (Å²) in [6.07, 6.45) is 0. The molecule has 0 saturated heterocycles. The molecule has 0 aromatic carbocycles. The summed E-state index contributed by atoms with van der Waals surface area (Å²) >= 11 is 6.75. The molecule has 1 rings (SSSR count). The summed E-state index contributed by atoms with van der Waals surface area (Å²) in [5, 5.41) is 0. The molecule has 1 aromatic rings. The zero-order valence-electron chi connectivity index (χ0n) is 12.5. The van der Waals surface area contributed by atoms with Crippen LogP contribution in [0.5, 0.6) is 0 Å². The van der Waals surface area contributed by atoms with E-state index in [1.165, 1.54) is 4.90 Å². The number of imidazole rings is 1. The summed E-state index contributed by atoms with van der Waals surface area (Å²) in [5.41, 5.74) is 0. The monoisotopic (exact) mass is 425 g/mol. The quantitative estimate of drug-likeness (QED) is 0.517. The van der Waals surface area contributed by atoms with Gasteiger partial charge in [0.15, 0.2) is 0 Å². The predicted molar refractivity (Wildman–Crippen MR) is 89.7 cm³/mol. The number of carbonyl (C=O) groups is 1. The van der Waals surface area contributed by atoms with E-state index in [0.717, 1.165) is 10.6 Å². The molecule has 0 bridgehead atoms. The summed E-state index contributed by atoms with van der Waals surface area (Å²) in [6.45, 7) is 7.94. The van der Waals surface area contributed by atoms with Gasteiger partial charge in [0.25, 0.3) is 5.91 Å². The van der Waals surface area contributed by atoms with E-state index in [1.807, 2.05) is 0 Å². The van der Waals surface area contributed by atoms with Gasteiger partial charge in [-0.05, 0) is 37.9 Å². The van der Waals surface area contributed by atoms with Crippen LogP contribution in [0.15, 0.2) is 9.21 Å². The standard InChI is InChI=1S/C12H21Br2N3O2Si/c1-16(2)12(18)11-15-9(13)10(14)17(11)8-19-6-7-20(3,4)5/h6-8H2,1-5H3. The minimum Gasteiger partial charge on any atom is -0.361 e. The Morgan fingerprint density at radius 1 is 1.35 bits per heavy atom. The van der Waals surface area contributed by atoms with Gasteiger partial charge in [-0.15, -0.1) is 0 Å². The Morgan fingerprint density at radius 3 is 2.45 bits per heavy atom. The fraction of sp³-hybridized carbons (Fsp3) is 0.667. The van der Waals surface area contributed by atoms with Crippen molar-refractivity contribution >= 4 is 45.8 Å². The largest absolute Gasteiger partial charge is 0.361 e. The zero-order valence-corrected chi connectivity index (χ0v) is 16.7. The molecule has 1 heterocycles. The molecule has 1 amide bonds. The first-order valence-corrected chi connectivity index (χ1v) is 11.6. The molecule has 0 spiro atoms. The average Bonchev–Trinajstić information content (AvgIpc) is 2.59. The lowest BCUT2D eigenvalue weighted by Gasteiger charge is -2.17. The van der Waals surface area contributed by atoms with E-state index in [2.05, 4.69) is 56.5 Å². The third-order valence-corrected chi connectivity index (χ3v) is 6.27. The highest BCUT2D eigenvalue weighted by atomic mass is 79.9. The number of nitrogens with zero attached hydrogens (tertiary/aromatic N) is 3. The first kappa shape index (κ1) is 17.9. The Labute approximate surface area is 138 Å². The van der Waals surface area contributed by atoms with Crippen molar-refractivity contribution in [3.63, 3.8) is 0 Å². The highest BCUT2D eigenvalue weighted by molar-refractivity contribution is 9.13. The zero-order chi connectivity index (χ0) is 15.5. The van der Waals surface area contributed by atoms with E-state index >= 15 is 0 Å². The molecule has 0 atom stereocenters. The number of rotatable bonds is 6. The molecule has 20 heavy (non-hydrogen) atoms. The van der Waals surface area contributed by atoms with Crippen molar-refractivity contribution in [2.45, 2.75) is 32.4 Å². The number of amides is 1. The summed E-state index contributed by atoms with van der Waals surface area (Å²) in [5.74, 6) is 0.215. The number of hydrogen-bond acceptors (Lipinski definition) is 3. The minimum absolute atomic E-state index is 0.148. The lowest BCUT2D eigenvalue weighted by Crippen LogP contribution is -2.26. The van der Waals surface area contributed by atoms with Crippen molar-refractivity contribution in [3.8, 4) is 0 Å². The summed E-state index contributed by atoms with van der Waals surface area (Å²) in [6, 6.07) is 1.09. The van der Waals surface area contributed by atoms with Gasteiger partial charge in [0.2, 0.25) is 5.82 Å². The van der Waals surface area contributed by atoms with Gasteiger partial charge >= 0.3 is 0 Å². The number of aromatic nitrogens is 2. The van der Waals surface area contributed by atoms with Gasteiger partial charge < -0.3 is 9.64 Å². The van der Waals surface area contributed by atoms with Gasteiger partial charge in [0.05, 0.1) is 0 Å². The van der Waals surface area contributed by atoms with Crippen LogP contribution in [0.1, 0.15) is 10.6 Å². The van der Waals surface area contributed by atoms with E-state index in [9.17, 15) is 4.79 Å². The molecule has 114 valence electrons. The Morgan fingerprint density at radius 2 is 1.95 bits per heavy atom. The summed E-state index contributed by atoms with van der Waals surface area (Å²) in [4.78, 5) is 17.8. The van der Waals surface area contributed by atoms with E-state index in [4.69, 9.17) is 4.74 Å². The van der Waals surface area contributed by atoms with Crippen molar-refractivity contribution in [3.05, 3.63) is 15.0 Å². The summed E-state index contributed by atoms with van der Waals surface area (Å²) in [7, 11) is 2.30. The highest BCUT2D eigenvalue weighted by Gasteiger charge is 2.21. The molecule has 0 aliphatic carbocycles. The molecule has 0 radical (unpaired) electrons. The normalized spacial score (nSPS) is 11.8. The predicted octanol–water partition coefficient (Wildman–Crippen LogP) is 3.42. The van der Waals surface area contributed by atoms with E-state index in [-0.39, 0.29) is 5.91 Å². The van der Waals surface area contributed by atoms with Crippen LogP contribution in [0.3, 0.4) is 0 Å². The lowest BCUT2D eigenvalue weighted by atomic mass is 10.5. The Kier molecular flexibility index (Phi) is 6.43. The smallest absolute Gasteiger partial charge is 0.289 e. The van der Waals surface area contributed by atoms with Gasteiger partial charge in [0, 0.05) is 28.8 Å². The first-order chi connectivity index (χ1) is 9.13. The average molecular weight is 427 g/mol. The van der Waals surface area contributed by atoms with Crippen LogP contribution in [0.4, 0.5) is 0 Å². The molecule has 0 N–H and O–H groups in total. The van der Waals surface area contributed by atoms with Crippen LogP contribution in [0.2, 0.25) is 25.7 Å². The minimum atomic E-state index is -1.10. The molecule has 8 heteroatoms. The van der Waals surface area contributed by atoms with Crippen LogP contribution >= 0.6 is 31.9 Å². The molecule has 1 aromatic heterocycles. The molecule has 0 saturated carbocycles. The number of ether oxygens (including phenoxy) is 1. The number of hydrogen-bond donors (Lipinski definition) is 0. The third-order valence-electron chi connectivity index (χ3n) is 2.68. The molecule has 0 aliphatic rings. The van der Waals surface area contributed by atoms with Gasteiger partial charge in [0.1, 0.15) is 15.9 Å². The first-order valence-electron chi connectivity index (χ1n) is 6.34. The van der Waals surface area contributed by atoms with Crippen LogP contribution in [0.25, 0.3) is 0 Å². The van der Waals surface area contributed by atoms with E-state index in [0.29, 0.717) is 23.8 Å². The molecule has 0 fully saturated rings. The van der Waals surface area contributed by atoms with Crippen molar-refractivity contribution in [1.29, 1.82) is 0 Å². The Balaban J connectivity index is 2.76. The van der Waals surface area contributed by atoms with Crippen LogP contribution < -0.4 is 0 Å². The molecule has 5 nitrogen and oxygen atoms in total. The Hall–Kier alpha value is -0.183. The highest BCUT2D eigenvalue weighted by Crippen LogP contribution is 2.24. The second kappa shape index (κ2) is 7.19. The fourth-order valence-electron chi connectivity index (χ4n) is 1.42. The van der Waals surface area contributed by atoms with Gasteiger partial charge in [-0.25, -0.2) is 4.98 Å². The molecule has 0 aliphatic heterocycles. The fourth-order valence-corrected chi connectivity index (χ4v) is 2.92. The second-order valence-corrected chi connectivity index (χ2v) is 13.1. The maximum atomic E-state index is 12.1. The van der Waals surface area contributed by atoms with Gasteiger partial charge in [-0.2, -0.15) is 0 Å². The van der Waals surface area contributed by atoms with Crippen LogP contribution in [-0.2, 0) is 11.5 Å². The van der Waals surface area contributed by atoms with Crippen molar-refractivity contribution < 1.29 is 9.53 Å². The maximum absolute atomic E-state index is 12.1. The number of carbonyl (C=O) groups excluding carboxylic acids is 1. The van der Waals surface area contributed by atoms with E-state index < -0.39 is 8.07 Å². The third kappa shape index (κ3) is 4.98. The second-order valence-electron chi connectivity index (χ2n) is 5.99. The molecule has 0 unspecified atom stereocenters. The van der Waals surface area contributed by atoms with Crippen molar-refractivity contribution in [2.24, 2.45) is 0 Å². The van der Waals surface area contributed by atoms with Crippen LogP contribution in [0, 0.1) is 0 Å². The Bertz CT molecular complexity index is 484. The SMILES string of the molecule is CN(C)C(=O)c1nc(Br)c(Br)n1COCC[Si](C)(C)C. The lowest BCUT2D eigenvalue weighted by molar-refractivity contribution is 0.0707. The van der Waals surface area contributed by atoms with Crippen LogP contribution in [-0.4, -0.2) is 49.1 Å². The number of halogens is 2. The van der Waals surface area contributed by atoms with E-state index in [1.54, 1.807) is 18.7 Å². The van der Waals surface area contributed by atoms with Crippen molar-refractivity contribution in [1.82, 2.24) is 14.5 Å². The molecular weight excluding hydrogens is 406 g/mol. The topological polar surface area (TPSA) is 47.4 Å². The summed E-state index contributed by atoms with van der Waals surface area (Å²) < 4.78 is 8.76.